The van der Waals surface area contributed by atoms with Crippen molar-refractivity contribution in [2.75, 3.05) is 6.61 Å². The van der Waals surface area contributed by atoms with Gasteiger partial charge in [-0.25, -0.2) is 0 Å². The Morgan fingerprint density at radius 2 is 1.89 bits per heavy atom. The largest absolute Gasteiger partial charge is 0.348 e. The Bertz CT molecular complexity index is 377. The summed E-state index contributed by atoms with van der Waals surface area (Å²) < 4.78 is 11.5. The van der Waals surface area contributed by atoms with Gasteiger partial charge in [-0.3, -0.25) is 0 Å². The van der Waals surface area contributed by atoms with Crippen LogP contribution in [-0.2, 0) is 9.47 Å². The summed E-state index contributed by atoms with van der Waals surface area (Å²) in [5.74, 6) is -0.448. The van der Waals surface area contributed by atoms with Gasteiger partial charge in [0.2, 0.25) is 0 Å². The number of benzene rings is 1. The van der Waals surface area contributed by atoms with Crippen LogP contribution in [0.3, 0.4) is 0 Å². The van der Waals surface area contributed by atoms with E-state index in [1.165, 1.54) is 5.56 Å². The summed E-state index contributed by atoms with van der Waals surface area (Å²) in [6.07, 6.45) is 0.117. The molecule has 3 atom stereocenters. The van der Waals surface area contributed by atoms with Gasteiger partial charge in [0.15, 0.2) is 5.79 Å². The van der Waals surface area contributed by atoms with Crippen LogP contribution in [0.5, 0.6) is 0 Å². The summed E-state index contributed by atoms with van der Waals surface area (Å²) in [5.41, 5.74) is 1.29. The van der Waals surface area contributed by atoms with Crippen molar-refractivity contribution < 1.29 is 9.47 Å². The number of rotatable bonds is 4. The fourth-order valence-electron chi connectivity index (χ4n) is 2.30. The fraction of sp³-hybridized carbons (Fsp3) is 0.600. The lowest BCUT2D eigenvalue weighted by atomic mass is 10.1. The quantitative estimate of drug-likeness (QED) is 0.890. The number of hydrogen-bond donors (Lipinski definition) is 1. The molecule has 100 valence electrons. The van der Waals surface area contributed by atoms with Crippen molar-refractivity contribution in [3.8, 4) is 0 Å². The van der Waals surface area contributed by atoms with E-state index in [0.29, 0.717) is 12.6 Å². The molecular formula is C15H23NO2. The first-order valence-electron chi connectivity index (χ1n) is 6.61. The molecule has 3 heteroatoms. The van der Waals surface area contributed by atoms with Gasteiger partial charge in [0, 0.05) is 12.1 Å². The van der Waals surface area contributed by atoms with Crippen molar-refractivity contribution in [1.82, 2.24) is 5.32 Å². The lowest BCUT2D eigenvalue weighted by Gasteiger charge is -2.25. The molecule has 1 heterocycles. The zero-order valence-electron chi connectivity index (χ0n) is 11.6. The Balaban J connectivity index is 1.90. The Labute approximate surface area is 109 Å². The van der Waals surface area contributed by atoms with Crippen LogP contribution in [0.1, 0.15) is 39.3 Å². The molecule has 3 nitrogen and oxygen atoms in total. The zero-order valence-corrected chi connectivity index (χ0v) is 11.6. The van der Waals surface area contributed by atoms with Crippen LogP contribution in [0, 0.1) is 0 Å². The van der Waals surface area contributed by atoms with E-state index >= 15 is 0 Å². The summed E-state index contributed by atoms with van der Waals surface area (Å²) in [7, 11) is 0. The first kappa shape index (κ1) is 13.5. The van der Waals surface area contributed by atoms with Crippen molar-refractivity contribution in [1.29, 1.82) is 0 Å². The average Bonchev–Trinajstić information content (AvgIpc) is 2.71. The second-order valence-corrected chi connectivity index (χ2v) is 5.45. The third kappa shape index (κ3) is 3.31. The topological polar surface area (TPSA) is 30.5 Å². The number of hydrogen-bond acceptors (Lipinski definition) is 3. The SMILES string of the molecule is CC(NC(C)C1COC(C)(C)O1)c1ccccc1. The highest BCUT2D eigenvalue weighted by Crippen LogP contribution is 2.25. The molecule has 1 aromatic rings. The summed E-state index contributed by atoms with van der Waals surface area (Å²) in [6.45, 7) is 8.89. The minimum absolute atomic E-state index is 0.117. The van der Waals surface area contributed by atoms with Gasteiger partial charge in [0.05, 0.1) is 12.7 Å². The van der Waals surface area contributed by atoms with Crippen molar-refractivity contribution in [2.45, 2.75) is 51.7 Å². The van der Waals surface area contributed by atoms with E-state index < -0.39 is 5.79 Å². The highest BCUT2D eigenvalue weighted by molar-refractivity contribution is 5.18. The highest BCUT2D eigenvalue weighted by atomic mass is 16.7. The first-order chi connectivity index (χ1) is 8.48. The van der Waals surface area contributed by atoms with Gasteiger partial charge in [-0.2, -0.15) is 0 Å². The Hall–Kier alpha value is -0.900. The minimum atomic E-state index is -0.448. The minimum Gasteiger partial charge on any atom is -0.348 e. The number of ether oxygens (including phenoxy) is 2. The molecule has 0 aromatic heterocycles. The standard InChI is InChI=1S/C15H23NO2/c1-11(13-8-6-5-7-9-13)16-12(2)14-10-17-15(3,4)18-14/h5-9,11-12,14,16H,10H2,1-4H3. The summed E-state index contributed by atoms with van der Waals surface area (Å²) >= 11 is 0. The van der Waals surface area contributed by atoms with E-state index in [1.54, 1.807) is 0 Å². The van der Waals surface area contributed by atoms with E-state index in [4.69, 9.17) is 9.47 Å². The third-order valence-corrected chi connectivity index (χ3v) is 3.40. The van der Waals surface area contributed by atoms with E-state index in [1.807, 2.05) is 19.9 Å². The molecule has 1 fully saturated rings. The van der Waals surface area contributed by atoms with Crippen LogP contribution >= 0.6 is 0 Å². The maximum Gasteiger partial charge on any atom is 0.163 e. The predicted molar refractivity (Wildman–Crippen MR) is 72.4 cm³/mol. The van der Waals surface area contributed by atoms with Gasteiger partial charge in [-0.15, -0.1) is 0 Å². The third-order valence-electron chi connectivity index (χ3n) is 3.40. The molecule has 0 spiro atoms. The summed E-state index contributed by atoms with van der Waals surface area (Å²) in [5, 5.41) is 3.57. The van der Waals surface area contributed by atoms with E-state index in [9.17, 15) is 0 Å². The molecule has 0 aliphatic carbocycles. The molecule has 1 aliphatic rings. The zero-order chi connectivity index (χ0) is 13.2. The van der Waals surface area contributed by atoms with Crippen LogP contribution in [0.15, 0.2) is 30.3 Å². The average molecular weight is 249 g/mol. The van der Waals surface area contributed by atoms with Gasteiger partial charge in [-0.05, 0) is 33.3 Å². The molecule has 3 unspecified atom stereocenters. The molecule has 0 bridgehead atoms. The predicted octanol–water partition coefficient (Wildman–Crippen LogP) is 2.88. The lowest BCUT2D eigenvalue weighted by Crippen LogP contribution is -2.40. The molecule has 0 saturated carbocycles. The smallest absolute Gasteiger partial charge is 0.163 e. The molecular weight excluding hydrogens is 226 g/mol. The highest BCUT2D eigenvalue weighted by Gasteiger charge is 2.35. The van der Waals surface area contributed by atoms with Crippen molar-refractivity contribution in [3.63, 3.8) is 0 Å². The van der Waals surface area contributed by atoms with Crippen LogP contribution < -0.4 is 5.32 Å². The molecule has 1 saturated heterocycles. The Morgan fingerprint density at radius 3 is 2.44 bits per heavy atom. The molecule has 1 aliphatic heterocycles. The second-order valence-electron chi connectivity index (χ2n) is 5.45. The summed E-state index contributed by atoms with van der Waals surface area (Å²) in [6, 6.07) is 11.0. The Morgan fingerprint density at radius 1 is 1.22 bits per heavy atom. The molecule has 0 amide bonds. The maximum absolute atomic E-state index is 5.86. The maximum atomic E-state index is 5.86. The monoisotopic (exact) mass is 249 g/mol. The van der Waals surface area contributed by atoms with Gasteiger partial charge in [0.1, 0.15) is 0 Å². The van der Waals surface area contributed by atoms with E-state index in [0.717, 1.165) is 0 Å². The first-order valence-corrected chi connectivity index (χ1v) is 6.61. The molecule has 1 aromatic carbocycles. The van der Waals surface area contributed by atoms with Crippen molar-refractivity contribution >= 4 is 0 Å². The molecule has 18 heavy (non-hydrogen) atoms. The van der Waals surface area contributed by atoms with Crippen molar-refractivity contribution in [2.24, 2.45) is 0 Å². The number of nitrogens with one attached hydrogen (secondary N) is 1. The Kier molecular flexibility index (Phi) is 4.05. The van der Waals surface area contributed by atoms with Gasteiger partial charge >= 0.3 is 0 Å². The molecule has 1 N–H and O–H groups in total. The normalized spacial score (nSPS) is 25.9. The lowest BCUT2D eigenvalue weighted by molar-refractivity contribution is -0.141. The van der Waals surface area contributed by atoms with Crippen LogP contribution in [-0.4, -0.2) is 24.5 Å². The van der Waals surface area contributed by atoms with Crippen molar-refractivity contribution in [3.05, 3.63) is 35.9 Å². The second kappa shape index (κ2) is 5.39. The van der Waals surface area contributed by atoms with Crippen LogP contribution in [0.25, 0.3) is 0 Å². The van der Waals surface area contributed by atoms with Gasteiger partial charge in [0.25, 0.3) is 0 Å². The van der Waals surface area contributed by atoms with E-state index in [-0.39, 0.29) is 12.1 Å². The molecule has 2 rings (SSSR count). The van der Waals surface area contributed by atoms with Gasteiger partial charge in [-0.1, -0.05) is 30.3 Å². The molecule has 0 radical (unpaired) electrons. The van der Waals surface area contributed by atoms with E-state index in [2.05, 4.69) is 43.4 Å². The summed E-state index contributed by atoms with van der Waals surface area (Å²) in [4.78, 5) is 0. The van der Waals surface area contributed by atoms with Gasteiger partial charge < -0.3 is 14.8 Å². The van der Waals surface area contributed by atoms with Crippen LogP contribution in [0.4, 0.5) is 0 Å². The van der Waals surface area contributed by atoms with Crippen LogP contribution in [0.2, 0.25) is 0 Å². The fourth-order valence-corrected chi connectivity index (χ4v) is 2.30.